The van der Waals surface area contributed by atoms with Gasteiger partial charge in [-0.25, -0.2) is 0 Å². The van der Waals surface area contributed by atoms with E-state index in [1.54, 1.807) is 21.3 Å². The van der Waals surface area contributed by atoms with Crippen molar-refractivity contribution in [1.82, 2.24) is 5.32 Å². The Hall–Kier alpha value is -1.30. The molecule has 0 aliphatic heterocycles. The van der Waals surface area contributed by atoms with Crippen LogP contribution in [0.3, 0.4) is 0 Å². The van der Waals surface area contributed by atoms with Crippen LogP contribution in [0.2, 0.25) is 0 Å². The number of rotatable bonds is 8. The molecule has 1 atom stereocenters. The summed E-state index contributed by atoms with van der Waals surface area (Å²) in [4.78, 5) is 0. The lowest BCUT2D eigenvalue weighted by molar-refractivity contribution is 0.0288. The smallest absolute Gasteiger partial charge is 0.120 e. The van der Waals surface area contributed by atoms with Crippen molar-refractivity contribution in [3.8, 4) is 5.75 Å². The van der Waals surface area contributed by atoms with E-state index in [1.807, 2.05) is 18.2 Å². The Morgan fingerprint density at radius 1 is 1.28 bits per heavy atom. The van der Waals surface area contributed by atoms with Crippen LogP contribution in [0, 0.1) is 0 Å². The molecule has 0 aliphatic rings. The van der Waals surface area contributed by atoms with Crippen LogP contribution in [0.15, 0.2) is 18.2 Å². The van der Waals surface area contributed by atoms with E-state index in [4.69, 9.17) is 19.9 Å². The van der Waals surface area contributed by atoms with Gasteiger partial charge in [-0.1, -0.05) is 6.07 Å². The quantitative estimate of drug-likeness (QED) is 0.678. The Bertz CT molecular complexity index is 358. The molecule has 0 aliphatic carbocycles. The lowest BCUT2D eigenvalue weighted by atomic mass is 10.1. The minimum absolute atomic E-state index is 0.0504. The highest BCUT2D eigenvalue weighted by molar-refractivity contribution is 5.51. The highest BCUT2D eigenvalue weighted by atomic mass is 16.5. The molecule has 0 saturated heterocycles. The van der Waals surface area contributed by atoms with Gasteiger partial charge in [0.15, 0.2) is 0 Å². The molecule has 0 amide bonds. The second-order valence-electron chi connectivity index (χ2n) is 4.01. The zero-order valence-electron chi connectivity index (χ0n) is 11.2. The predicted molar refractivity (Wildman–Crippen MR) is 71.8 cm³/mol. The van der Waals surface area contributed by atoms with Crippen molar-refractivity contribution >= 4 is 5.69 Å². The topological polar surface area (TPSA) is 65.7 Å². The second-order valence-corrected chi connectivity index (χ2v) is 4.01. The van der Waals surface area contributed by atoms with E-state index < -0.39 is 0 Å². The average Bonchev–Trinajstić information content (AvgIpc) is 2.39. The van der Waals surface area contributed by atoms with Crippen LogP contribution in [-0.2, 0) is 16.0 Å². The van der Waals surface area contributed by atoms with Gasteiger partial charge < -0.3 is 25.3 Å². The summed E-state index contributed by atoms with van der Waals surface area (Å²) >= 11 is 0. The molecule has 5 nitrogen and oxygen atoms in total. The van der Waals surface area contributed by atoms with Crippen molar-refractivity contribution < 1.29 is 14.2 Å². The number of ether oxygens (including phenoxy) is 3. The number of anilines is 1. The van der Waals surface area contributed by atoms with Gasteiger partial charge in [-0.15, -0.1) is 0 Å². The predicted octanol–water partition coefficient (Wildman–Crippen LogP) is 1.03. The third kappa shape index (κ3) is 4.52. The molecule has 0 saturated carbocycles. The van der Waals surface area contributed by atoms with Gasteiger partial charge in [-0.05, 0) is 11.6 Å². The molecule has 3 N–H and O–H groups in total. The molecule has 0 radical (unpaired) electrons. The Labute approximate surface area is 108 Å². The van der Waals surface area contributed by atoms with E-state index in [1.165, 1.54) is 0 Å². The molecule has 0 bridgehead atoms. The summed E-state index contributed by atoms with van der Waals surface area (Å²) in [5.74, 6) is 0.769. The average molecular weight is 254 g/mol. The van der Waals surface area contributed by atoms with E-state index in [9.17, 15) is 0 Å². The van der Waals surface area contributed by atoms with Gasteiger partial charge in [0, 0.05) is 39.1 Å². The number of nitrogens with one attached hydrogen (secondary N) is 1. The minimum atomic E-state index is 0.0504. The number of hydrogen-bond donors (Lipinski definition) is 2. The molecular formula is C13H22N2O3. The summed E-state index contributed by atoms with van der Waals surface area (Å²) in [6.07, 6.45) is 0.0504. The molecule has 1 aromatic rings. The fraction of sp³-hybridized carbons (Fsp3) is 0.538. The van der Waals surface area contributed by atoms with Crippen molar-refractivity contribution in [2.24, 2.45) is 0 Å². The molecule has 18 heavy (non-hydrogen) atoms. The van der Waals surface area contributed by atoms with Gasteiger partial charge >= 0.3 is 0 Å². The first-order valence-electron chi connectivity index (χ1n) is 5.86. The van der Waals surface area contributed by atoms with E-state index in [-0.39, 0.29) is 6.10 Å². The van der Waals surface area contributed by atoms with Gasteiger partial charge in [0.05, 0.1) is 19.8 Å². The van der Waals surface area contributed by atoms with Crippen molar-refractivity contribution in [2.45, 2.75) is 12.6 Å². The molecule has 102 valence electrons. The molecule has 1 rings (SSSR count). The van der Waals surface area contributed by atoms with E-state index in [0.29, 0.717) is 13.2 Å². The fourth-order valence-electron chi connectivity index (χ4n) is 1.62. The molecule has 0 fully saturated rings. The van der Waals surface area contributed by atoms with E-state index in [0.717, 1.165) is 23.5 Å². The van der Waals surface area contributed by atoms with E-state index >= 15 is 0 Å². The second kappa shape index (κ2) is 7.92. The monoisotopic (exact) mass is 254 g/mol. The number of nitrogen functional groups attached to an aromatic ring is 1. The summed E-state index contributed by atoms with van der Waals surface area (Å²) in [7, 11) is 4.96. The normalized spacial score (nSPS) is 12.4. The molecule has 1 unspecified atom stereocenters. The first kappa shape index (κ1) is 14.8. The highest BCUT2D eigenvalue weighted by Gasteiger charge is 2.07. The number of benzene rings is 1. The Morgan fingerprint density at radius 2 is 2.06 bits per heavy atom. The fourth-order valence-corrected chi connectivity index (χ4v) is 1.62. The Morgan fingerprint density at radius 3 is 2.61 bits per heavy atom. The third-order valence-corrected chi connectivity index (χ3v) is 2.73. The van der Waals surface area contributed by atoms with Crippen molar-refractivity contribution in [2.75, 3.05) is 40.2 Å². The van der Waals surface area contributed by atoms with Gasteiger partial charge in [0.1, 0.15) is 5.75 Å². The molecule has 0 heterocycles. The van der Waals surface area contributed by atoms with Crippen LogP contribution in [0.5, 0.6) is 5.75 Å². The summed E-state index contributed by atoms with van der Waals surface area (Å²) in [6.45, 7) is 1.98. The maximum atomic E-state index is 5.93. The maximum absolute atomic E-state index is 5.93. The van der Waals surface area contributed by atoms with Crippen LogP contribution in [-0.4, -0.2) is 40.6 Å². The summed E-state index contributed by atoms with van der Waals surface area (Å²) < 4.78 is 15.4. The summed E-state index contributed by atoms with van der Waals surface area (Å²) in [6, 6.07) is 5.68. The number of hydrogen-bond acceptors (Lipinski definition) is 5. The van der Waals surface area contributed by atoms with Gasteiger partial charge in [-0.2, -0.15) is 0 Å². The summed E-state index contributed by atoms with van der Waals surface area (Å²) in [5, 5.41) is 3.29. The molecular weight excluding hydrogens is 232 g/mol. The van der Waals surface area contributed by atoms with Gasteiger partial charge in [0.25, 0.3) is 0 Å². The Kier molecular flexibility index (Phi) is 6.49. The molecule has 0 spiro atoms. The van der Waals surface area contributed by atoms with Crippen molar-refractivity contribution in [1.29, 1.82) is 0 Å². The lowest BCUT2D eigenvalue weighted by Gasteiger charge is -2.15. The first-order chi connectivity index (χ1) is 8.71. The first-order valence-corrected chi connectivity index (χ1v) is 5.86. The highest BCUT2D eigenvalue weighted by Crippen LogP contribution is 2.19. The summed E-state index contributed by atoms with van der Waals surface area (Å²) in [5.41, 5.74) is 7.70. The van der Waals surface area contributed by atoms with Crippen molar-refractivity contribution in [3.63, 3.8) is 0 Å². The van der Waals surface area contributed by atoms with Gasteiger partial charge in [-0.3, -0.25) is 0 Å². The van der Waals surface area contributed by atoms with Crippen LogP contribution in [0.1, 0.15) is 5.56 Å². The van der Waals surface area contributed by atoms with Crippen molar-refractivity contribution in [3.05, 3.63) is 23.8 Å². The number of methoxy groups -OCH3 is 3. The van der Waals surface area contributed by atoms with Crippen LogP contribution in [0.25, 0.3) is 0 Å². The van der Waals surface area contributed by atoms with Crippen LogP contribution in [0.4, 0.5) is 5.69 Å². The van der Waals surface area contributed by atoms with Gasteiger partial charge in [0.2, 0.25) is 0 Å². The largest absolute Gasteiger partial charge is 0.497 e. The Balaban J connectivity index is 2.43. The zero-order valence-corrected chi connectivity index (χ0v) is 11.2. The van der Waals surface area contributed by atoms with Crippen LogP contribution < -0.4 is 15.8 Å². The third-order valence-electron chi connectivity index (χ3n) is 2.73. The molecule has 1 aromatic carbocycles. The lowest BCUT2D eigenvalue weighted by Crippen LogP contribution is -2.31. The number of nitrogens with two attached hydrogens (primary N) is 1. The minimum Gasteiger partial charge on any atom is -0.497 e. The molecule has 0 aromatic heterocycles. The standard InChI is InChI=1S/C13H22N2O3/c1-16-9-12(18-3)8-15-7-10-4-5-11(17-2)6-13(10)14/h4-6,12,15H,7-9,14H2,1-3H3. The van der Waals surface area contributed by atoms with E-state index in [2.05, 4.69) is 5.32 Å². The van der Waals surface area contributed by atoms with Crippen LogP contribution >= 0.6 is 0 Å². The zero-order chi connectivity index (χ0) is 13.4. The maximum Gasteiger partial charge on any atom is 0.120 e. The SMILES string of the molecule is COCC(CNCc1ccc(OC)cc1N)OC. The molecule has 5 heteroatoms.